The van der Waals surface area contributed by atoms with Crippen LogP contribution in [0.4, 0.5) is 0 Å². The zero-order chi connectivity index (χ0) is 12.1. The molecule has 4 heteroatoms. The normalized spacial score (nSPS) is 21.9. The van der Waals surface area contributed by atoms with E-state index in [1.807, 2.05) is 6.20 Å². The van der Waals surface area contributed by atoms with Gasteiger partial charge >= 0.3 is 0 Å². The second kappa shape index (κ2) is 6.41. The monoisotopic (exact) mass is 255 g/mol. The van der Waals surface area contributed by atoms with E-state index in [1.165, 1.54) is 32.4 Å². The molecule has 17 heavy (non-hydrogen) atoms. The van der Waals surface area contributed by atoms with E-state index in [1.54, 1.807) is 0 Å². The molecule has 0 N–H and O–H groups in total. The summed E-state index contributed by atoms with van der Waals surface area (Å²) in [6.45, 7) is 6.72. The molecule has 1 atom stereocenters. The summed E-state index contributed by atoms with van der Waals surface area (Å²) in [4.78, 5) is 6.82. The lowest BCUT2D eigenvalue weighted by atomic mass is 9.96. The van der Waals surface area contributed by atoms with Crippen LogP contribution < -0.4 is 0 Å². The van der Waals surface area contributed by atoms with Crippen LogP contribution in [0.25, 0.3) is 0 Å². The molecule has 1 fully saturated rings. The van der Waals surface area contributed by atoms with Crippen molar-refractivity contribution < 1.29 is 0 Å². The maximum absolute atomic E-state index is 5.83. The van der Waals surface area contributed by atoms with E-state index in [0.717, 1.165) is 30.7 Å². The molecule has 3 nitrogen and oxygen atoms in total. The molecule has 1 aliphatic rings. The number of hydrogen-bond donors (Lipinski definition) is 0. The number of rotatable bonds is 5. The molecule has 0 aromatic carbocycles. The molecular formula is C13H22ClN3. The second-order valence-electron chi connectivity index (χ2n) is 4.95. The van der Waals surface area contributed by atoms with Crippen molar-refractivity contribution in [1.29, 1.82) is 0 Å². The van der Waals surface area contributed by atoms with Gasteiger partial charge in [0.2, 0.25) is 0 Å². The molecule has 0 aliphatic carbocycles. The Bertz CT molecular complexity index is 335. The van der Waals surface area contributed by atoms with Crippen molar-refractivity contribution in [1.82, 2.24) is 14.5 Å². The fourth-order valence-corrected chi connectivity index (χ4v) is 2.94. The fourth-order valence-electron chi connectivity index (χ4n) is 2.63. The van der Waals surface area contributed by atoms with Gasteiger partial charge < -0.3 is 9.47 Å². The number of piperidine rings is 1. The Morgan fingerprint density at radius 2 is 2.35 bits per heavy atom. The van der Waals surface area contributed by atoms with Crippen LogP contribution in [0.1, 0.15) is 25.1 Å². The van der Waals surface area contributed by atoms with Crippen LogP contribution in [-0.2, 0) is 6.54 Å². The lowest BCUT2D eigenvalue weighted by Gasteiger charge is -2.32. The predicted octanol–water partition coefficient (Wildman–Crippen LogP) is 2.53. The Kier molecular flexibility index (Phi) is 4.86. The lowest BCUT2D eigenvalue weighted by Crippen LogP contribution is -2.37. The van der Waals surface area contributed by atoms with Gasteiger partial charge in [-0.1, -0.05) is 0 Å². The fraction of sp³-hybridized carbons (Fsp3) is 0.769. The highest BCUT2D eigenvalue weighted by atomic mass is 35.5. The van der Waals surface area contributed by atoms with E-state index in [2.05, 4.69) is 27.6 Å². The average Bonchev–Trinajstić information content (AvgIpc) is 2.73. The van der Waals surface area contributed by atoms with Gasteiger partial charge in [-0.2, -0.15) is 0 Å². The molecule has 0 bridgehead atoms. The molecule has 1 aliphatic heterocycles. The first-order valence-electron chi connectivity index (χ1n) is 6.55. The van der Waals surface area contributed by atoms with Crippen LogP contribution in [-0.4, -0.2) is 40.0 Å². The number of halogens is 1. The smallest absolute Gasteiger partial charge is 0.105 e. The molecule has 2 heterocycles. The highest BCUT2D eigenvalue weighted by Gasteiger charge is 2.18. The van der Waals surface area contributed by atoms with Gasteiger partial charge in [0.15, 0.2) is 0 Å². The number of aromatic nitrogens is 2. The first-order chi connectivity index (χ1) is 8.29. The minimum absolute atomic E-state index is 0.805. The van der Waals surface area contributed by atoms with E-state index in [9.17, 15) is 0 Å². The van der Waals surface area contributed by atoms with Gasteiger partial charge in [0.25, 0.3) is 0 Å². The number of aryl methyl sites for hydroxylation is 1. The van der Waals surface area contributed by atoms with Crippen molar-refractivity contribution in [2.75, 3.05) is 25.5 Å². The zero-order valence-electron chi connectivity index (χ0n) is 10.6. The van der Waals surface area contributed by atoms with Gasteiger partial charge in [-0.3, -0.25) is 0 Å². The summed E-state index contributed by atoms with van der Waals surface area (Å²) in [7, 11) is 0. The molecule has 2 rings (SSSR count). The van der Waals surface area contributed by atoms with Crippen molar-refractivity contribution in [2.45, 2.75) is 32.7 Å². The molecule has 1 aromatic heterocycles. The van der Waals surface area contributed by atoms with E-state index in [0.29, 0.717) is 0 Å². The summed E-state index contributed by atoms with van der Waals surface area (Å²) in [5.74, 6) is 2.73. The van der Waals surface area contributed by atoms with Crippen LogP contribution in [0.2, 0.25) is 0 Å². The number of likely N-dealkylation sites (tertiary alicyclic amines) is 1. The summed E-state index contributed by atoms with van der Waals surface area (Å²) in [5.41, 5.74) is 0. The summed E-state index contributed by atoms with van der Waals surface area (Å²) in [5, 5.41) is 0. The Hall–Kier alpha value is -0.540. The molecule has 0 amide bonds. The number of imidazole rings is 1. The van der Waals surface area contributed by atoms with Crippen molar-refractivity contribution in [3.8, 4) is 0 Å². The van der Waals surface area contributed by atoms with Gasteiger partial charge in [-0.15, -0.1) is 11.6 Å². The largest absolute Gasteiger partial charge is 0.334 e. The van der Waals surface area contributed by atoms with E-state index in [-0.39, 0.29) is 0 Å². The molecule has 0 saturated carbocycles. The maximum atomic E-state index is 5.83. The molecule has 1 saturated heterocycles. The van der Waals surface area contributed by atoms with Gasteiger partial charge in [-0.25, -0.2) is 4.98 Å². The van der Waals surface area contributed by atoms with E-state index < -0.39 is 0 Å². The van der Waals surface area contributed by atoms with Gasteiger partial charge in [0.1, 0.15) is 5.82 Å². The third-order valence-electron chi connectivity index (χ3n) is 3.70. The van der Waals surface area contributed by atoms with Crippen LogP contribution in [0, 0.1) is 12.8 Å². The molecule has 96 valence electrons. The molecule has 1 unspecified atom stereocenters. The minimum atomic E-state index is 0.805. The minimum Gasteiger partial charge on any atom is -0.334 e. The summed E-state index contributed by atoms with van der Waals surface area (Å²) < 4.78 is 2.23. The van der Waals surface area contributed by atoms with Crippen LogP contribution >= 0.6 is 11.6 Å². The van der Waals surface area contributed by atoms with Crippen LogP contribution in [0.5, 0.6) is 0 Å². The SMILES string of the molecule is Cc1nccn1CCN1CCCC(CCCl)C1. The Morgan fingerprint density at radius 1 is 1.47 bits per heavy atom. The first-order valence-corrected chi connectivity index (χ1v) is 7.09. The zero-order valence-corrected chi connectivity index (χ0v) is 11.4. The average molecular weight is 256 g/mol. The van der Waals surface area contributed by atoms with Crippen LogP contribution in [0.3, 0.4) is 0 Å². The van der Waals surface area contributed by atoms with Gasteiger partial charge in [-0.05, 0) is 38.6 Å². The number of hydrogen-bond acceptors (Lipinski definition) is 2. The van der Waals surface area contributed by atoms with Crippen molar-refractivity contribution in [2.24, 2.45) is 5.92 Å². The lowest BCUT2D eigenvalue weighted by molar-refractivity contribution is 0.167. The standard InChI is InChI=1S/C13H22ClN3/c1-12-15-6-8-17(12)10-9-16-7-2-3-13(11-16)4-5-14/h6,8,13H,2-5,7,9-11H2,1H3. The van der Waals surface area contributed by atoms with Gasteiger partial charge in [0, 0.05) is 37.9 Å². The Morgan fingerprint density at radius 3 is 3.06 bits per heavy atom. The third-order valence-corrected chi connectivity index (χ3v) is 3.92. The highest BCUT2D eigenvalue weighted by molar-refractivity contribution is 6.17. The maximum Gasteiger partial charge on any atom is 0.105 e. The Balaban J connectivity index is 1.77. The van der Waals surface area contributed by atoms with Crippen molar-refractivity contribution in [3.05, 3.63) is 18.2 Å². The quantitative estimate of drug-likeness (QED) is 0.754. The third kappa shape index (κ3) is 3.71. The molecular weight excluding hydrogens is 234 g/mol. The van der Waals surface area contributed by atoms with Crippen molar-refractivity contribution >= 4 is 11.6 Å². The topological polar surface area (TPSA) is 21.1 Å². The predicted molar refractivity (Wildman–Crippen MR) is 71.5 cm³/mol. The Labute approximate surface area is 109 Å². The summed E-state index contributed by atoms with van der Waals surface area (Å²) in [6, 6.07) is 0. The molecule has 1 aromatic rings. The van der Waals surface area contributed by atoms with Crippen LogP contribution in [0.15, 0.2) is 12.4 Å². The molecule has 0 spiro atoms. The first kappa shape index (κ1) is 12.9. The highest BCUT2D eigenvalue weighted by Crippen LogP contribution is 2.19. The summed E-state index contributed by atoms with van der Waals surface area (Å²) >= 11 is 5.83. The number of nitrogens with zero attached hydrogens (tertiary/aromatic N) is 3. The molecule has 0 radical (unpaired) electrons. The van der Waals surface area contributed by atoms with E-state index >= 15 is 0 Å². The second-order valence-corrected chi connectivity index (χ2v) is 5.33. The summed E-state index contributed by atoms with van der Waals surface area (Å²) in [6.07, 6.45) is 7.79. The number of alkyl halides is 1. The van der Waals surface area contributed by atoms with Crippen molar-refractivity contribution in [3.63, 3.8) is 0 Å². The van der Waals surface area contributed by atoms with E-state index in [4.69, 9.17) is 11.6 Å². The van der Waals surface area contributed by atoms with Gasteiger partial charge in [0.05, 0.1) is 0 Å².